The van der Waals surface area contributed by atoms with Crippen LogP contribution in [0.2, 0.25) is 18.1 Å². The topological polar surface area (TPSA) is 104 Å². The van der Waals surface area contributed by atoms with E-state index in [1.807, 2.05) is 0 Å². The highest BCUT2D eigenvalue weighted by atomic mass is 28.4. The highest BCUT2D eigenvalue weighted by molar-refractivity contribution is 6.74. The molecule has 0 amide bonds. The summed E-state index contributed by atoms with van der Waals surface area (Å²) in [6.45, 7) is 12.4. The summed E-state index contributed by atoms with van der Waals surface area (Å²) in [5.41, 5.74) is 0. The summed E-state index contributed by atoms with van der Waals surface area (Å²) < 4.78 is 28.3. The first kappa shape index (κ1) is 23.6. The summed E-state index contributed by atoms with van der Waals surface area (Å²) in [5, 5.41) is 21.3. The van der Waals surface area contributed by atoms with Crippen LogP contribution in [-0.2, 0) is 28.2 Å². The van der Waals surface area contributed by atoms with Crippen molar-refractivity contribution in [2.45, 2.75) is 88.9 Å². The number of aliphatic hydroxyl groups excluding tert-OH is 2. The molecule has 1 saturated heterocycles. The molecule has 2 heterocycles. The molecule has 28 heavy (non-hydrogen) atoms. The molecule has 9 heteroatoms. The Kier molecular flexibility index (Phi) is 7.60. The summed E-state index contributed by atoms with van der Waals surface area (Å²) in [6.07, 6.45) is -3.80. The summed E-state index contributed by atoms with van der Waals surface area (Å²) in [4.78, 5) is 11.6. The lowest BCUT2D eigenvalue weighted by molar-refractivity contribution is -0.319. The van der Waals surface area contributed by atoms with Crippen LogP contribution in [0, 0.1) is 0 Å². The number of carbonyl (C=O) groups excluding carboxylic acids is 1. The Balaban J connectivity index is 2.10. The molecule has 0 bridgehead atoms. The minimum absolute atomic E-state index is 0.00605. The predicted molar refractivity (Wildman–Crippen MR) is 104 cm³/mol. The van der Waals surface area contributed by atoms with E-state index in [1.165, 1.54) is 19.3 Å². The van der Waals surface area contributed by atoms with Crippen molar-refractivity contribution in [1.82, 2.24) is 0 Å². The van der Waals surface area contributed by atoms with E-state index in [-0.39, 0.29) is 17.4 Å². The zero-order chi connectivity index (χ0) is 21.3. The van der Waals surface area contributed by atoms with Crippen molar-refractivity contribution in [3.05, 3.63) is 12.2 Å². The van der Waals surface area contributed by atoms with Gasteiger partial charge in [-0.3, -0.25) is 4.79 Å². The van der Waals surface area contributed by atoms with E-state index < -0.39 is 51.4 Å². The van der Waals surface area contributed by atoms with Crippen molar-refractivity contribution >= 4 is 14.1 Å². The Labute approximate surface area is 167 Å². The highest BCUT2D eigenvalue weighted by Crippen LogP contribution is 2.37. The Morgan fingerprint density at radius 3 is 2.36 bits per heavy atom. The second kappa shape index (κ2) is 9.01. The van der Waals surface area contributed by atoms with E-state index in [0.29, 0.717) is 0 Å². The van der Waals surface area contributed by atoms with Gasteiger partial charge in [0.25, 0.3) is 0 Å². The number of ketones is 1. The first-order valence-electron chi connectivity index (χ1n) is 9.58. The number of aliphatic hydroxyl groups is 2. The third kappa shape index (κ3) is 5.28. The molecule has 0 saturated carbocycles. The summed E-state index contributed by atoms with van der Waals surface area (Å²) in [7, 11) is -0.649. The molecule has 0 radical (unpaired) electrons. The SMILES string of the molecule is CO[C@H]1O[C@H](CO[Si](C)(C)C(C)(C)C)[C@H](O)[C@H](O[C@H]2C=CC(=O)[C@H](C)O2)[C@H]1O. The van der Waals surface area contributed by atoms with E-state index in [1.54, 1.807) is 6.92 Å². The summed E-state index contributed by atoms with van der Waals surface area (Å²) in [6, 6.07) is 0. The molecule has 2 N–H and O–H groups in total. The number of ether oxygens (including phenoxy) is 4. The maximum Gasteiger partial charge on any atom is 0.192 e. The molecule has 0 aromatic heterocycles. The predicted octanol–water partition coefficient (Wildman–Crippen LogP) is 1.36. The Bertz CT molecular complexity index is 573. The maximum absolute atomic E-state index is 11.6. The fourth-order valence-electron chi connectivity index (χ4n) is 2.76. The first-order valence-corrected chi connectivity index (χ1v) is 12.5. The first-order chi connectivity index (χ1) is 12.9. The second-order valence-corrected chi connectivity index (χ2v) is 13.6. The molecule has 1 fully saturated rings. The summed E-state index contributed by atoms with van der Waals surface area (Å²) in [5.74, 6) is -0.164. The van der Waals surface area contributed by atoms with Crippen LogP contribution in [0.25, 0.3) is 0 Å². The van der Waals surface area contributed by atoms with E-state index in [4.69, 9.17) is 23.4 Å². The van der Waals surface area contributed by atoms with Gasteiger partial charge in [-0.2, -0.15) is 0 Å². The van der Waals surface area contributed by atoms with Gasteiger partial charge >= 0.3 is 0 Å². The van der Waals surface area contributed by atoms with Gasteiger partial charge in [-0.1, -0.05) is 20.8 Å². The fraction of sp³-hybridized carbons (Fsp3) is 0.842. The van der Waals surface area contributed by atoms with Crippen LogP contribution < -0.4 is 0 Å². The van der Waals surface area contributed by atoms with Crippen molar-refractivity contribution in [2.75, 3.05) is 13.7 Å². The van der Waals surface area contributed by atoms with Gasteiger partial charge in [-0.05, 0) is 37.2 Å². The average Bonchev–Trinajstić information content (AvgIpc) is 2.60. The molecular formula is C19H34O8Si. The van der Waals surface area contributed by atoms with Crippen molar-refractivity contribution in [3.8, 4) is 0 Å². The average molecular weight is 419 g/mol. The van der Waals surface area contributed by atoms with Gasteiger partial charge in [-0.15, -0.1) is 0 Å². The largest absolute Gasteiger partial charge is 0.414 e. The van der Waals surface area contributed by atoms with E-state index >= 15 is 0 Å². The molecule has 0 aliphatic carbocycles. The maximum atomic E-state index is 11.6. The number of hydrogen-bond acceptors (Lipinski definition) is 8. The van der Waals surface area contributed by atoms with E-state index in [9.17, 15) is 15.0 Å². The minimum atomic E-state index is -2.06. The van der Waals surface area contributed by atoms with Crippen LogP contribution in [0.1, 0.15) is 27.7 Å². The molecule has 0 unspecified atom stereocenters. The van der Waals surface area contributed by atoms with Crippen molar-refractivity contribution in [1.29, 1.82) is 0 Å². The van der Waals surface area contributed by atoms with Gasteiger partial charge in [0.2, 0.25) is 0 Å². The van der Waals surface area contributed by atoms with Crippen molar-refractivity contribution in [3.63, 3.8) is 0 Å². The number of rotatable bonds is 6. The van der Waals surface area contributed by atoms with Gasteiger partial charge in [0.1, 0.15) is 30.5 Å². The molecule has 7 atom stereocenters. The molecule has 2 rings (SSSR count). The molecular weight excluding hydrogens is 384 g/mol. The van der Waals surface area contributed by atoms with Crippen LogP contribution in [0.3, 0.4) is 0 Å². The Morgan fingerprint density at radius 2 is 1.82 bits per heavy atom. The second-order valence-electron chi connectivity index (χ2n) is 8.84. The third-order valence-electron chi connectivity index (χ3n) is 5.74. The lowest BCUT2D eigenvalue weighted by Crippen LogP contribution is -2.61. The van der Waals surface area contributed by atoms with Gasteiger partial charge < -0.3 is 33.6 Å². The van der Waals surface area contributed by atoms with Crippen molar-refractivity contribution < 1.29 is 38.4 Å². The zero-order valence-corrected chi connectivity index (χ0v) is 18.7. The summed E-state index contributed by atoms with van der Waals surface area (Å²) >= 11 is 0. The van der Waals surface area contributed by atoms with Crippen LogP contribution >= 0.6 is 0 Å². The van der Waals surface area contributed by atoms with Crippen LogP contribution in [0.5, 0.6) is 0 Å². The quantitative estimate of drug-likeness (QED) is 0.623. The smallest absolute Gasteiger partial charge is 0.192 e. The highest BCUT2D eigenvalue weighted by Gasteiger charge is 2.48. The van der Waals surface area contributed by atoms with Crippen LogP contribution in [0.4, 0.5) is 0 Å². The monoisotopic (exact) mass is 418 g/mol. The van der Waals surface area contributed by atoms with Gasteiger partial charge in [0, 0.05) is 7.11 Å². The van der Waals surface area contributed by atoms with Crippen LogP contribution in [0.15, 0.2) is 12.2 Å². The normalized spacial score (nSPS) is 37.3. The molecule has 162 valence electrons. The van der Waals surface area contributed by atoms with Crippen LogP contribution in [-0.4, -0.2) is 81.1 Å². The molecule has 2 aliphatic rings. The van der Waals surface area contributed by atoms with Gasteiger partial charge in [0.15, 0.2) is 26.7 Å². The third-order valence-corrected chi connectivity index (χ3v) is 10.2. The fourth-order valence-corrected chi connectivity index (χ4v) is 3.77. The van der Waals surface area contributed by atoms with Crippen molar-refractivity contribution in [2.24, 2.45) is 0 Å². The molecule has 2 aliphatic heterocycles. The number of carbonyl (C=O) groups is 1. The lowest BCUT2D eigenvalue weighted by atomic mass is 9.99. The minimum Gasteiger partial charge on any atom is -0.414 e. The molecule has 8 nitrogen and oxygen atoms in total. The number of methoxy groups -OCH3 is 1. The molecule has 0 aromatic carbocycles. The van der Waals surface area contributed by atoms with E-state index in [0.717, 1.165) is 0 Å². The lowest BCUT2D eigenvalue weighted by Gasteiger charge is -2.44. The number of hydrogen-bond donors (Lipinski definition) is 2. The molecule has 0 spiro atoms. The van der Waals surface area contributed by atoms with E-state index in [2.05, 4.69) is 33.9 Å². The Hall–Kier alpha value is -0.653. The van der Waals surface area contributed by atoms with Gasteiger partial charge in [-0.25, -0.2) is 0 Å². The Morgan fingerprint density at radius 1 is 1.18 bits per heavy atom. The molecule has 0 aromatic rings. The zero-order valence-electron chi connectivity index (χ0n) is 17.7. The standard InChI is InChI=1S/C19H34O8Si/c1-11-12(20)8-9-14(25-11)27-17-15(21)13(26-18(23-5)16(17)22)10-24-28(6,7)19(2,3)4/h8-9,11,13-18,21-22H,10H2,1-7H3/t11-,13+,14-,15-,16+,17-,18-/m0/s1. The van der Waals surface area contributed by atoms with Gasteiger partial charge in [0.05, 0.1) is 6.61 Å².